The zero-order valence-electron chi connectivity index (χ0n) is 10.2. The van der Waals surface area contributed by atoms with Gasteiger partial charge in [0.2, 0.25) is 0 Å². The Morgan fingerprint density at radius 3 is 2.95 bits per heavy atom. The van der Waals surface area contributed by atoms with Crippen molar-refractivity contribution in [1.82, 2.24) is 5.43 Å². The lowest BCUT2D eigenvalue weighted by Gasteiger charge is -2.07. The number of hydrogen-bond acceptors (Lipinski definition) is 5. The van der Waals surface area contributed by atoms with Gasteiger partial charge in [-0.25, -0.2) is 9.18 Å². The van der Waals surface area contributed by atoms with Crippen molar-refractivity contribution in [3.8, 4) is 5.75 Å². The maximum Gasteiger partial charge on any atom is 0.328 e. The van der Waals surface area contributed by atoms with Crippen molar-refractivity contribution >= 4 is 12.2 Å². The Kier molecular flexibility index (Phi) is 5.91. The number of carbonyl (C=O) groups is 1. The number of carboxylic acids is 1. The lowest BCUT2D eigenvalue weighted by Crippen LogP contribution is -2.25. The summed E-state index contributed by atoms with van der Waals surface area (Å²) in [7, 11) is 0. The maximum absolute atomic E-state index is 13.1. The summed E-state index contributed by atoms with van der Waals surface area (Å²) in [5.74, 6) is 2.68. The molecular formula is C12H16FN3O3. The summed E-state index contributed by atoms with van der Waals surface area (Å²) < 4.78 is 13.1. The van der Waals surface area contributed by atoms with Crippen LogP contribution in [0.25, 0.3) is 0 Å². The van der Waals surface area contributed by atoms with Crippen LogP contribution in [0.4, 0.5) is 4.39 Å². The third-order valence-electron chi connectivity index (χ3n) is 2.50. The molecular weight excluding hydrogens is 253 g/mol. The quantitative estimate of drug-likeness (QED) is 0.251. The van der Waals surface area contributed by atoms with E-state index in [-0.39, 0.29) is 5.56 Å². The van der Waals surface area contributed by atoms with Gasteiger partial charge in [0.15, 0.2) is 11.6 Å². The second-order valence-electron chi connectivity index (χ2n) is 3.91. The van der Waals surface area contributed by atoms with Gasteiger partial charge in [-0.15, -0.1) is 0 Å². The Bertz CT molecular complexity index is 466. The van der Waals surface area contributed by atoms with E-state index in [1.54, 1.807) is 0 Å². The third-order valence-corrected chi connectivity index (χ3v) is 2.50. The van der Waals surface area contributed by atoms with Crippen LogP contribution >= 0.6 is 0 Å². The number of nitrogens with one attached hydrogen (secondary N) is 1. The van der Waals surface area contributed by atoms with E-state index >= 15 is 0 Å². The number of aromatic hydroxyl groups is 1. The molecule has 0 saturated carbocycles. The van der Waals surface area contributed by atoms with Gasteiger partial charge in [0, 0.05) is 18.3 Å². The van der Waals surface area contributed by atoms with Gasteiger partial charge in [-0.05, 0) is 25.0 Å². The van der Waals surface area contributed by atoms with Gasteiger partial charge in [-0.1, -0.05) is 6.07 Å². The molecule has 0 bridgehead atoms. The first kappa shape index (κ1) is 15.1. The molecule has 0 spiro atoms. The predicted octanol–water partition coefficient (Wildman–Crippen LogP) is 0.647. The second kappa shape index (κ2) is 7.45. The van der Waals surface area contributed by atoms with E-state index in [0.29, 0.717) is 19.4 Å². The molecule has 1 aromatic carbocycles. The molecule has 1 atom stereocenters. The minimum absolute atomic E-state index is 0.142. The normalized spacial score (nSPS) is 12.7. The Hall–Kier alpha value is -1.99. The molecule has 0 amide bonds. The highest BCUT2D eigenvalue weighted by molar-refractivity contribution is 5.86. The summed E-state index contributed by atoms with van der Waals surface area (Å²) in [6.07, 6.45) is 2.00. The van der Waals surface area contributed by atoms with Crippen molar-refractivity contribution in [1.29, 1.82) is 0 Å². The van der Waals surface area contributed by atoms with Crippen LogP contribution in [-0.2, 0) is 4.79 Å². The average Bonchev–Trinajstić information content (AvgIpc) is 2.37. The number of aliphatic imine (C=N–C) groups is 1. The minimum Gasteiger partial charge on any atom is -0.504 e. The molecule has 0 fully saturated rings. The molecule has 0 aliphatic heterocycles. The van der Waals surface area contributed by atoms with Crippen molar-refractivity contribution in [2.75, 3.05) is 6.54 Å². The van der Waals surface area contributed by atoms with Gasteiger partial charge in [0.05, 0.1) is 0 Å². The third kappa shape index (κ3) is 4.65. The van der Waals surface area contributed by atoms with Crippen molar-refractivity contribution < 1.29 is 19.4 Å². The van der Waals surface area contributed by atoms with Crippen LogP contribution in [0, 0.1) is 5.82 Å². The first-order valence-electron chi connectivity index (χ1n) is 5.73. The second-order valence-corrected chi connectivity index (χ2v) is 3.91. The van der Waals surface area contributed by atoms with E-state index in [4.69, 9.17) is 10.9 Å². The van der Waals surface area contributed by atoms with Gasteiger partial charge < -0.3 is 10.2 Å². The van der Waals surface area contributed by atoms with E-state index in [2.05, 4.69) is 10.4 Å². The minimum atomic E-state index is -1.08. The van der Waals surface area contributed by atoms with Gasteiger partial charge in [0.1, 0.15) is 6.04 Å². The molecule has 0 aliphatic carbocycles. The molecule has 1 rings (SSSR count). The Morgan fingerprint density at radius 1 is 1.58 bits per heavy atom. The zero-order chi connectivity index (χ0) is 14.3. The number of hydrogen-bond donors (Lipinski definition) is 4. The molecule has 0 saturated heterocycles. The molecule has 7 heteroatoms. The van der Waals surface area contributed by atoms with Gasteiger partial charge in [-0.2, -0.15) is 0 Å². The number of aliphatic carboxylic acids is 1. The van der Waals surface area contributed by atoms with Crippen LogP contribution < -0.4 is 11.3 Å². The summed E-state index contributed by atoms with van der Waals surface area (Å²) in [5, 5.41) is 18.4. The van der Waals surface area contributed by atoms with Gasteiger partial charge >= 0.3 is 5.97 Å². The largest absolute Gasteiger partial charge is 0.504 e. The summed E-state index contributed by atoms with van der Waals surface area (Å²) in [5.41, 5.74) is 2.56. The van der Waals surface area contributed by atoms with E-state index in [1.807, 2.05) is 0 Å². The standard InChI is InChI=1S/C12H16FN3O3/c13-9-4-1-3-8(11(9)17)7-15-10(12(18)19)5-2-6-16-14/h1,3-4,7,10,16-17H,2,5-6,14H2,(H,18,19). The summed E-state index contributed by atoms with van der Waals surface area (Å²) in [6, 6.07) is 3.01. The van der Waals surface area contributed by atoms with Crippen LogP contribution in [0.2, 0.25) is 0 Å². The summed E-state index contributed by atoms with van der Waals surface area (Å²) in [6.45, 7) is 0.477. The number of nitrogens with zero attached hydrogens (tertiary/aromatic N) is 1. The number of carboxylic acid groups (broad SMARTS) is 1. The maximum atomic E-state index is 13.1. The van der Waals surface area contributed by atoms with E-state index < -0.39 is 23.6 Å². The Morgan fingerprint density at radius 2 is 2.32 bits per heavy atom. The molecule has 5 N–H and O–H groups in total. The number of phenols is 1. The number of para-hydroxylation sites is 1. The van der Waals surface area contributed by atoms with Crippen molar-refractivity contribution in [3.63, 3.8) is 0 Å². The van der Waals surface area contributed by atoms with Crippen LogP contribution in [0.1, 0.15) is 18.4 Å². The fourth-order valence-electron chi connectivity index (χ4n) is 1.47. The SMILES string of the molecule is NNCCCC(N=Cc1cccc(F)c1O)C(=O)O. The van der Waals surface area contributed by atoms with Gasteiger partial charge in [0.25, 0.3) is 0 Å². The number of halogens is 1. The zero-order valence-corrected chi connectivity index (χ0v) is 10.2. The first-order chi connectivity index (χ1) is 9.06. The molecule has 0 heterocycles. The summed E-state index contributed by atoms with van der Waals surface area (Å²) >= 11 is 0. The van der Waals surface area contributed by atoms with Crippen LogP contribution in [0.15, 0.2) is 23.2 Å². The van der Waals surface area contributed by atoms with Crippen LogP contribution in [-0.4, -0.2) is 35.0 Å². The van der Waals surface area contributed by atoms with E-state index in [1.165, 1.54) is 12.1 Å². The van der Waals surface area contributed by atoms with Gasteiger partial charge in [-0.3, -0.25) is 16.3 Å². The van der Waals surface area contributed by atoms with E-state index in [9.17, 15) is 14.3 Å². The monoisotopic (exact) mass is 269 g/mol. The topological polar surface area (TPSA) is 108 Å². The van der Waals surface area contributed by atoms with E-state index in [0.717, 1.165) is 12.3 Å². The number of phenolic OH excluding ortho intramolecular Hbond substituents is 1. The molecule has 0 aliphatic rings. The highest BCUT2D eigenvalue weighted by Crippen LogP contribution is 2.19. The fourth-order valence-corrected chi connectivity index (χ4v) is 1.47. The number of nitrogens with two attached hydrogens (primary N) is 1. The fraction of sp³-hybridized carbons (Fsp3) is 0.333. The number of hydrazine groups is 1. The molecule has 1 unspecified atom stereocenters. The molecule has 1 aromatic rings. The highest BCUT2D eigenvalue weighted by atomic mass is 19.1. The average molecular weight is 269 g/mol. The highest BCUT2D eigenvalue weighted by Gasteiger charge is 2.15. The van der Waals surface area contributed by atoms with Crippen molar-refractivity contribution in [3.05, 3.63) is 29.6 Å². The first-order valence-corrected chi connectivity index (χ1v) is 5.73. The molecule has 104 valence electrons. The molecule has 0 radical (unpaired) electrons. The predicted molar refractivity (Wildman–Crippen MR) is 68.5 cm³/mol. The Labute approximate surface area is 109 Å². The van der Waals surface area contributed by atoms with Crippen LogP contribution in [0.5, 0.6) is 5.75 Å². The smallest absolute Gasteiger partial charge is 0.328 e. The number of rotatable bonds is 7. The summed E-state index contributed by atoms with van der Waals surface area (Å²) in [4.78, 5) is 14.8. The number of benzene rings is 1. The Balaban J connectivity index is 2.75. The van der Waals surface area contributed by atoms with Crippen molar-refractivity contribution in [2.24, 2.45) is 10.8 Å². The molecule has 19 heavy (non-hydrogen) atoms. The lowest BCUT2D eigenvalue weighted by molar-refractivity contribution is -0.138. The lowest BCUT2D eigenvalue weighted by atomic mass is 10.1. The molecule has 0 aromatic heterocycles. The molecule has 6 nitrogen and oxygen atoms in total. The van der Waals surface area contributed by atoms with Crippen LogP contribution in [0.3, 0.4) is 0 Å². The van der Waals surface area contributed by atoms with Crippen molar-refractivity contribution in [2.45, 2.75) is 18.9 Å².